The van der Waals surface area contributed by atoms with Crippen LogP contribution >= 0.6 is 11.3 Å². The number of thiazole rings is 1. The number of nitrogens with zero attached hydrogens (tertiary/aromatic N) is 2. The molecule has 84 valence electrons. The molecule has 1 aromatic rings. The van der Waals surface area contributed by atoms with Crippen LogP contribution in [0.1, 0.15) is 47.7 Å². The molecular weight excluding hydrogens is 216 g/mol. The molecule has 1 fully saturated rings. The Morgan fingerprint density at radius 3 is 2.88 bits per heavy atom. The number of aromatic nitrogens is 1. The van der Waals surface area contributed by atoms with Crippen molar-refractivity contribution in [2.75, 3.05) is 0 Å². The second-order valence-electron chi connectivity index (χ2n) is 5.20. The second kappa shape index (κ2) is 3.85. The molecule has 0 amide bonds. The number of nitriles is 1. The molecular formula is C13H16N2S. The van der Waals surface area contributed by atoms with Crippen molar-refractivity contribution in [2.45, 2.75) is 51.4 Å². The van der Waals surface area contributed by atoms with E-state index in [0.717, 1.165) is 11.4 Å². The maximum absolute atomic E-state index is 8.70. The van der Waals surface area contributed by atoms with Gasteiger partial charge in [0, 0.05) is 4.88 Å². The molecule has 0 N–H and O–H groups in total. The summed E-state index contributed by atoms with van der Waals surface area (Å²) < 4.78 is 0. The van der Waals surface area contributed by atoms with Crippen molar-refractivity contribution in [3.8, 4) is 6.07 Å². The largest absolute Gasteiger partial charge is 0.245 e. The van der Waals surface area contributed by atoms with Gasteiger partial charge in [0.1, 0.15) is 5.01 Å². The van der Waals surface area contributed by atoms with Crippen molar-refractivity contribution >= 4 is 11.3 Å². The molecule has 3 heteroatoms. The molecule has 0 saturated heterocycles. The van der Waals surface area contributed by atoms with Gasteiger partial charge in [-0.25, -0.2) is 4.98 Å². The fourth-order valence-electron chi connectivity index (χ4n) is 3.28. The van der Waals surface area contributed by atoms with Gasteiger partial charge >= 0.3 is 0 Å². The average Bonchev–Trinajstić information content (AvgIpc) is 2.86. The van der Waals surface area contributed by atoms with Gasteiger partial charge in [-0.05, 0) is 37.5 Å². The highest BCUT2D eigenvalue weighted by atomic mass is 32.1. The van der Waals surface area contributed by atoms with Crippen LogP contribution in [-0.2, 0) is 19.3 Å². The lowest BCUT2D eigenvalue weighted by Gasteiger charge is -2.32. The van der Waals surface area contributed by atoms with Crippen LogP contribution in [0, 0.1) is 16.7 Å². The van der Waals surface area contributed by atoms with Crippen molar-refractivity contribution in [3.63, 3.8) is 0 Å². The maximum Gasteiger partial charge on any atom is 0.107 e. The van der Waals surface area contributed by atoms with Crippen molar-refractivity contribution in [3.05, 3.63) is 15.6 Å². The van der Waals surface area contributed by atoms with E-state index in [1.165, 1.54) is 49.1 Å². The second-order valence-corrected chi connectivity index (χ2v) is 6.36. The molecule has 0 atom stereocenters. The van der Waals surface area contributed by atoms with Crippen LogP contribution < -0.4 is 0 Å². The standard InChI is InChI=1S/C13H16N2S/c14-8-4-12-15-10-3-7-13(5-1-2-6-13)9-11(10)16-12/h1-7,9H2. The summed E-state index contributed by atoms with van der Waals surface area (Å²) in [4.78, 5) is 6.08. The van der Waals surface area contributed by atoms with Gasteiger partial charge in [0.2, 0.25) is 0 Å². The molecule has 1 saturated carbocycles. The van der Waals surface area contributed by atoms with Crippen molar-refractivity contribution in [1.82, 2.24) is 4.98 Å². The summed E-state index contributed by atoms with van der Waals surface area (Å²) in [6.45, 7) is 0. The van der Waals surface area contributed by atoms with E-state index in [1.807, 2.05) is 0 Å². The first-order valence-electron chi connectivity index (χ1n) is 6.16. The van der Waals surface area contributed by atoms with E-state index >= 15 is 0 Å². The van der Waals surface area contributed by atoms with Crippen LogP contribution in [-0.4, -0.2) is 4.98 Å². The summed E-state index contributed by atoms with van der Waals surface area (Å²) in [5.74, 6) is 0. The molecule has 2 aliphatic rings. The minimum absolute atomic E-state index is 0.491. The lowest BCUT2D eigenvalue weighted by atomic mass is 9.74. The topological polar surface area (TPSA) is 36.7 Å². The predicted octanol–water partition coefficient (Wildman–Crippen LogP) is 3.26. The van der Waals surface area contributed by atoms with Crippen molar-refractivity contribution in [2.24, 2.45) is 5.41 Å². The Hall–Kier alpha value is -0.880. The van der Waals surface area contributed by atoms with Crippen molar-refractivity contribution in [1.29, 1.82) is 5.26 Å². The Morgan fingerprint density at radius 2 is 2.12 bits per heavy atom. The predicted molar refractivity (Wildman–Crippen MR) is 64.4 cm³/mol. The number of hydrogen-bond acceptors (Lipinski definition) is 3. The van der Waals surface area contributed by atoms with Gasteiger partial charge in [-0.2, -0.15) is 5.26 Å². The van der Waals surface area contributed by atoms with Gasteiger partial charge < -0.3 is 0 Å². The third-order valence-electron chi connectivity index (χ3n) is 4.14. The number of aryl methyl sites for hydroxylation is 1. The Balaban J connectivity index is 1.86. The summed E-state index contributed by atoms with van der Waals surface area (Å²) >= 11 is 1.79. The van der Waals surface area contributed by atoms with E-state index in [0.29, 0.717) is 11.8 Å². The molecule has 0 bridgehead atoms. The molecule has 0 unspecified atom stereocenters. The lowest BCUT2D eigenvalue weighted by molar-refractivity contribution is 0.256. The highest BCUT2D eigenvalue weighted by Gasteiger charge is 2.38. The number of hydrogen-bond donors (Lipinski definition) is 0. The molecule has 0 aliphatic heterocycles. The minimum Gasteiger partial charge on any atom is -0.245 e. The van der Waals surface area contributed by atoms with E-state index in [4.69, 9.17) is 5.26 Å². The Labute approximate surface area is 100 Å². The normalized spacial score (nSPS) is 21.9. The zero-order chi connectivity index (χ0) is 11.0. The van der Waals surface area contributed by atoms with E-state index in [2.05, 4.69) is 11.1 Å². The van der Waals surface area contributed by atoms with Crippen LogP contribution in [0.25, 0.3) is 0 Å². The highest BCUT2D eigenvalue weighted by Crippen LogP contribution is 2.48. The maximum atomic E-state index is 8.70. The fraction of sp³-hybridized carbons (Fsp3) is 0.692. The van der Waals surface area contributed by atoms with E-state index in [9.17, 15) is 0 Å². The van der Waals surface area contributed by atoms with Gasteiger partial charge in [0.15, 0.2) is 0 Å². The third kappa shape index (κ3) is 1.66. The van der Waals surface area contributed by atoms with Gasteiger partial charge in [0.05, 0.1) is 18.2 Å². The highest BCUT2D eigenvalue weighted by molar-refractivity contribution is 7.11. The monoisotopic (exact) mass is 232 g/mol. The third-order valence-corrected chi connectivity index (χ3v) is 5.24. The van der Waals surface area contributed by atoms with Crippen LogP contribution in [0.2, 0.25) is 0 Å². The van der Waals surface area contributed by atoms with Crippen LogP contribution in [0.4, 0.5) is 0 Å². The molecule has 16 heavy (non-hydrogen) atoms. The summed E-state index contributed by atoms with van der Waals surface area (Å²) in [5, 5.41) is 9.73. The zero-order valence-electron chi connectivity index (χ0n) is 9.46. The SMILES string of the molecule is N#CCc1nc2c(s1)CC1(CCCC1)CC2. The van der Waals surface area contributed by atoms with E-state index in [-0.39, 0.29) is 0 Å². The molecule has 2 nitrogen and oxygen atoms in total. The molecule has 1 spiro atoms. The van der Waals surface area contributed by atoms with E-state index in [1.54, 1.807) is 11.3 Å². The first kappa shape index (κ1) is 10.3. The van der Waals surface area contributed by atoms with Crippen LogP contribution in [0.5, 0.6) is 0 Å². The van der Waals surface area contributed by atoms with Crippen LogP contribution in [0.3, 0.4) is 0 Å². The van der Waals surface area contributed by atoms with Crippen molar-refractivity contribution < 1.29 is 0 Å². The number of fused-ring (bicyclic) bond motifs is 1. The first-order chi connectivity index (χ1) is 7.81. The van der Waals surface area contributed by atoms with E-state index < -0.39 is 0 Å². The first-order valence-corrected chi connectivity index (χ1v) is 6.97. The molecule has 1 heterocycles. The Kier molecular flexibility index (Phi) is 2.48. The van der Waals surface area contributed by atoms with Gasteiger partial charge in [-0.15, -0.1) is 11.3 Å². The Bertz CT molecular complexity index is 435. The zero-order valence-corrected chi connectivity index (χ0v) is 10.3. The van der Waals surface area contributed by atoms with Gasteiger partial charge in [-0.3, -0.25) is 0 Å². The minimum atomic E-state index is 0.491. The molecule has 0 aromatic carbocycles. The molecule has 3 rings (SSSR count). The Morgan fingerprint density at radius 1 is 1.31 bits per heavy atom. The smallest absolute Gasteiger partial charge is 0.107 e. The summed E-state index contributed by atoms with van der Waals surface area (Å²) in [6.07, 6.45) is 9.87. The van der Waals surface area contributed by atoms with Crippen LogP contribution in [0.15, 0.2) is 0 Å². The number of rotatable bonds is 1. The fourth-order valence-corrected chi connectivity index (χ4v) is 4.50. The average molecular weight is 232 g/mol. The van der Waals surface area contributed by atoms with Gasteiger partial charge in [0.25, 0.3) is 0 Å². The lowest BCUT2D eigenvalue weighted by Crippen LogP contribution is -2.24. The summed E-state index contributed by atoms with van der Waals surface area (Å²) in [5.41, 5.74) is 1.91. The molecule has 1 aromatic heterocycles. The quantitative estimate of drug-likeness (QED) is 0.745. The molecule has 0 radical (unpaired) electrons. The summed E-state index contributed by atoms with van der Waals surface area (Å²) in [6, 6.07) is 2.20. The molecule has 2 aliphatic carbocycles. The summed E-state index contributed by atoms with van der Waals surface area (Å²) in [7, 11) is 0. The van der Waals surface area contributed by atoms with Gasteiger partial charge in [-0.1, -0.05) is 12.8 Å².